The Balaban J connectivity index is 1.45. The number of anilines is 1. The van der Waals surface area contributed by atoms with E-state index in [1.165, 1.54) is 30.2 Å². The quantitative estimate of drug-likeness (QED) is 0.213. The number of thiophene rings is 1. The molecule has 0 saturated heterocycles. The first-order valence-corrected chi connectivity index (χ1v) is 13.5. The van der Waals surface area contributed by atoms with Crippen LogP contribution in [0.25, 0.3) is 11.1 Å². The monoisotopic (exact) mass is 536 g/mol. The molecule has 192 valence electrons. The zero-order valence-electron chi connectivity index (χ0n) is 21.3. The van der Waals surface area contributed by atoms with Crippen LogP contribution in [0, 0.1) is 13.8 Å². The topological polar surface area (TPSA) is 95.3 Å². The third-order valence-corrected chi connectivity index (χ3v) is 7.65. The molecule has 0 saturated carbocycles. The van der Waals surface area contributed by atoms with Crippen molar-refractivity contribution >= 4 is 40.0 Å². The van der Waals surface area contributed by atoms with E-state index in [0.29, 0.717) is 21.5 Å². The van der Waals surface area contributed by atoms with E-state index in [1.54, 1.807) is 0 Å². The van der Waals surface area contributed by atoms with Crippen molar-refractivity contribution in [3.8, 4) is 16.9 Å². The van der Waals surface area contributed by atoms with Gasteiger partial charge >= 0.3 is 5.97 Å². The molecule has 0 radical (unpaired) electrons. The van der Waals surface area contributed by atoms with E-state index in [4.69, 9.17) is 9.47 Å². The number of benzene rings is 2. The van der Waals surface area contributed by atoms with Crippen LogP contribution in [0.15, 0.2) is 59.1 Å². The molecule has 4 aromatic rings. The highest BCUT2D eigenvalue weighted by molar-refractivity contribution is 7.99. The first kappa shape index (κ1) is 26.4. The summed E-state index contributed by atoms with van der Waals surface area (Å²) in [6.07, 6.45) is -0.319. The molecule has 0 aliphatic rings. The fourth-order valence-corrected chi connectivity index (χ4v) is 5.52. The number of hydrogen-bond donors (Lipinski definition) is 1. The Morgan fingerprint density at radius 2 is 1.86 bits per heavy atom. The lowest BCUT2D eigenvalue weighted by atomic mass is 9.97. The van der Waals surface area contributed by atoms with Crippen LogP contribution in [-0.4, -0.2) is 39.5 Å². The van der Waals surface area contributed by atoms with E-state index in [9.17, 15) is 9.59 Å². The van der Waals surface area contributed by atoms with Gasteiger partial charge in [0, 0.05) is 18.0 Å². The summed E-state index contributed by atoms with van der Waals surface area (Å²) in [5, 5.41) is 14.3. The molecule has 2 heterocycles. The van der Waals surface area contributed by atoms with Gasteiger partial charge in [-0.15, -0.1) is 21.5 Å². The Morgan fingerprint density at radius 1 is 1.11 bits per heavy atom. The van der Waals surface area contributed by atoms with Gasteiger partial charge < -0.3 is 19.4 Å². The predicted octanol–water partition coefficient (Wildman–Crippen LogP) is 5.82. The van der Waals surface area contributed by atoms with Gasteiger partial charge in [0.2, 0.25) is 5.91 Å². The SMILES string of the molecule is COC(=O)c1c(-c2cc(C)ccc2C)csc1NC(=O)CSc1nnc(C(C)Oc2ccccc2)n1C. The van der Waals surface area contributed by atoms with E-state index in [2.05, 4.69) is 15.5 Å². The van der Waals surface area contributed by atoms with Gasteiger partial charge in [-0.25, -0.2) is 4.79 Å². The smallest absolute Gasteiger partial charge is 0.341 e. The van der Waals surface area contributed by atoms with Crippen LogP contribution < -0.4 is 10.1 Å². The maximum Gasteiger partial charge on any atom is 0.341 e. The largest absolute Gasteiger partial charge is 0.483 e. The number of methoxy groups -OCH3 is 1. The molecule has 0 bridgehead atoms. The van der Waals surface area contributed by atoms with E-state index in [1.807, 2.05) is 86.3 Å². The van der Waals surface area contributed by atoms with Crippen molar-refractivity contribution in [2.24, 2.45) is 7.05 Å². The number of aromatic nitrogens is 3. The van der Waals surface area contributed by atoms with Crippen LogP contribution in [0.2, 0.25) is 0 Å². The lowest BCUT2D eigenvalue weighted by Gasteiger charge is -2.14. The number of rotatable bonds is 9. The molecular formula is C27H28N4O4S2. The Bertz CT molecular complexity index is 1420. The lowest BCUT2D eigenvalue weighted by molar-refractivity contribution is -0.113. The third kappa shape index (κ3) is 6.03. The van der Waals surface area contributed by atoms with Gasteiger partial charge in [0.1, 0.15) is 16.3 Å². The first-order valence-electron chi connectivity index (χ1n) is 11.6. The molecular weight excluding hydrogens is 508 g/mol. The van der Waals surface area contributed by atoms with Gasteiger partial charge in [0.25, 0.3) is 0 Å². The molecule has 1 amide bonds. The number of ether oxygens (including phenoxy) is 2. The minimum atomic E-state index is -0.495. The molecule has 10 heteroatoms. The van der Waals surface area contributed by atoms with Crippen LogP contribution in [0.5, 0.6) is 5.75 Å². The van der Waals surface area contributed by atoms with Crippen LogP contribution in [0.1, 0.15) is 40.3 Å². The molecule has 0 spiro atoms. The summed E-state index contributed by atoms with van der Waals surface area (Å²) in [6, 6.07) is 15.6. The van der Waals surface area contributed by atoms with Crippen LogP contribution in [0.4, 0.5) is 5.00 Å². The number of aryl methyl sites for hydroxylation is 2. The van der Waals surface area contributed by atoms with Gasteiger partial charge in [-0.1, -0.05) is 53.7 Å². The van der Waals surface area contributed by atoms with Gasteiger partial charge in [-0.2, -0.15) is 0 Å². The van der Waals surface area contributed by atoms with Crippen LogP contribution >= 0.6 is 23.1 Å². The number of esters is 1. The Morgan fingerprint density at radius 3 is 2.59 bits per heavy atom. The second-order valence-corrected chi connectivity index (χ2v) is 10.3. The molecule has 0 aliphatic heterocycles. The highest BCUT2D eigenvalue weighted by atomic mass is 32.2. The summed E-state index contributed by atoms with van der Waals surface area (Å²) < 4.78 is 12.8. The molecule has 2 aromatic carbocycles. The van der Waals surface area contributed by atoms with E-state index in [0.717, 1.165) is 28.0 Å². The van der Waals surface area contributed by atoms with E-state index < -0.39 is 5.97 Å². The summed E-state index contributed by atoms with van der Waals surface area (Å²) in [5.74, 6) is 0.727. The highest BCUT2D eigenvalue weighted by Gasteiger charge is 2.24. The van der Waals surface area contributed by atoms with Gasteiger partial charge in [-0.3, -0.25) is 4.79 Å². The van der Waals surface area contributed by atoms with Crippen molar-refractivity contribution in [2.45, 2.75) is 32.0 Å². The maximum absolute atomic E-state index is 12.8. The molecule has 4 rings (SSSR count). The Labute approximate surface area is 224 Å². The standard InChI is InChI=1S/C27H28N4O4S2/c1-16-11-12-17(2)20(13-16)21-14-36-25(23(21)26(33)34-5)28-22(32)15-37-27-30-29-24(31(27)4)18(3)35-19-9-7-6-8-10-19/h6-14,18H,15H2,1-5H3,(H,28,32). The summed E-state index contributed by atoms with van der Waals surface area (Å²) in [7, 11) is 3.17. The van der Waals surface area contributed by atoms with Gasteiger partial charge in [0.05, 0.1) is 12.9 Å². The summed E-state index contributed by atoms with van der Waals surface area (Å²) in [6.45, 7) is 5.89. The Kier molecular flexibility index (Phi) is 8.30. The molecule has 37 heavy (non-hydrogen) atoms. The molecule has 1 N–H and O–H groups in total. The second kappa shape index (κ2) is 11.6. The number of hydrogen-bond acceptors (Lipinski definition) is 8. The van der Waals surface area contributed by atoms with Crippen LogP contribution in [-0.2, 0) is 16.6 Å². The predicted molar refractivity (Wildman–Crippen MR) is 146 cm³/mol. The molecule has 0 aliphatic carbocycles. The first-order chi connectivity index (χ1) is 17.8. The molecule has 1 unspecified atom stereocenters. The molecule has 2 aromatic heterocycles. The summed E-state index contributed by atoms with van der Waals surface area (Å²) in [4.78, 5) is 25.5. The number of carbonyl (C=O) groups excluding carboxylic acids is 2. The molecule has 8 nitrogen and oxygen atoms in total. The third-order valence-electron chi connectivity index (χ3n) is 5.74. The van der Waals surface area contributed by atoms with Crippen molar-refractivity contribution < 1.29 is 19.1 Å². The van der Waals surface area contributed by atoms with E-state index >= 15 is 0 Å². The van der Waals surface area contributed by atoms with Crippen LogP contribution in [0.3, 0.4) is 0 Å². The summed E-state index contributed by atoms with van der Waals surface area (Å²) in [5.41, 5.74) is 4.14. The van der Waals surface area contributed by atoms with Crippen molar-refractivity contribution in [2.75, 3.05) is 18.2 Å². The number of amides is 1. The van der Waals surface area contributed by atoms with Crippen molar-refractivity contribution in [3.63, 3.8) is 0 Å². The Hall–Kier alpha value is -3.63. The van der Waals surface area contributed by atoms with Gasteiger partial charge in [0.15, 0.2) is 17.1 Å². The number of nitrogens with one attached hydrogen (secondary N) is 1. The number of carbonyl (C=O) groups is 2. The van der Waals surface area contributed by atoms with E-state index in [-0.39, 0.29) is 17.8 Å². The van der Waals surface area contributed by atoms with Crippen molar-refractivity contribution in [1.29, 1.82) is 0 Å². The normalized spacial score (nSPS) is 11.7. The van der Waals surface area contributed by atoms with Crippen molar-refractivity contribution in [1.82, 2.24) is 14.8 Å². The van der Waals surface area contributed by atoms with Crippen molar-refractivity contribution in [3.05, 3.63) is 76.4 Å². The zero-order chi connectivity index (χ0) is 26.5. The number of para-hydroxylation sites is 1. The van der Waals surface area contributed by atoms with Gasteiger partial charge in [-0.05, 0) is 44.0 Å². The fourth-order valence-electron chi connectivity index (χ4n) is 3.83. The minimum absolute atomic E-state index is 0.0945. The highest BCUT2D eigenvalue weighted by Crippen LogP contribution is 2.38. The fraction of sp³-hybridized carbons (Fsp3) is 0.259. The maximum atomic E-state index is 12.8. The summed E-state index contributed by atoms with van der Waals surface area (Å²) >= 11 is 2.56. The average molecular weight is 537 g/mol. The molecule has 1 atom stereocenters. The molecule has 0 fully saturated rings. The zero-order valence-corrected chi connectivity index (χ0v) is 22.9. The number of thioether (sulfide) groups is 1. The number of nitrogens with zero attached hydrogens (tertiary/aromatic N) is 3. The lowest BCUT2D eigenvalue weighted by Crippen LogP contribution is -2.16. The second-order valence-electron chi connectivity index (χ2n) is 8.47. The average Bonchev–Trinajstić information content (AvgIpc) is 3.47. The minimum Gasteiger partial charge on any atom is -0.483 e.